The van der Waals surface area contributed by atoms with Crippen LogP contribution in [0.25, 0.3) is 33.8 Å². The van der Waals surface area contributed by atoms with Crippen molar-refractivity contribution in [2.75, 3.05) is 46.2 Å². The zero-order valence-corrected chi connectivity index (χ0v) is 35.6. The summed E-state index contributed by atoms with van der Waals surface area (Å²) in [6, 6.07) is 12.3. The van der Waals surface area contributed by atoms with E-state index in [2.05, 4.69) is 58.0 Å². The Hall–Kier alpha value is -4.46. The van der Waals surface area contributed by atoms with Gasteiger partial charge in [0, 0.05) is 60.4 Å². The fourth-order valence-electron chi connectivity index (χ4n) is 9.79. The maximum Gasteiger partial charge on any atom is 0.264 e. The van der Waals surface area contributed by atoms with E-state index in [0.29, 0.717) is 44.3 Å². The van der Waals surface area contributed by atoms with Crippen molar-refractivity contribution in [2.45, 2.75) is 103 Å². The Morgan fingerprint density at radius 2 is 1.69 bits per heavy atom. The number of allylic oxidation sites excluding steroid dienone is 1. The van der Waals surface area contributed by atoms with Gasteiger partial charge in [-0.2, -0.15) is 5.10 Å². The van der Waals surface area contributed by atoms with Crippen LogP contribution in [0.4, 0.5) is 0 Å². The molecule has 0 spiro atoms. The molecule has 310 valence electrons. The SMILES string of the molecule is COc1ccc2c(c1)C=C(c1c(C(=O)N3C[C@@H](C)N(C)[C@@H](C)C3)cnn1C1CCOCC1)Cn1c-2c(C2CCCCC2)c2ccc(C(=O)NS(=O)(=O)CC(C)C)cc21. The molecule has 2 aromatic carbocycles. The van der Waals surface area contributed by atoms with Crippen molar-refractivity contribution in [1.82, 2.24) is 28.9 Å². The van der Waals surface area contributed by atoms with Gasteiger partial charge in [-0.3, -0.25) is 19.2 Å². The molecule has 1 saturated carbocycles. The molecule has 4 aromatic rings. The van der Waals surface area contributed by atoms with Crippen LogP contribution in [0.3, 0.4) is 0 Å². The number of hydrogen-bond acceptors (Lipinski definition) is 8. The Morgan fingerprint density at radius 1 is 0.966 bits per heavy atom. The second-order valence-electron chi connectivity index (χ2n) is 17.4. The summed E-state index contributed by atoms with van der Waals surface area (Å²) >= 11 is 0. The molecule has 3 aliphatic heterocycles. The highest BCUT2D eigenvalue weighted by Crippen LogP contribution is 2.48. The Morgan fingerprint density at radius 3 is 2.38 bits per heavy atom. The van der Waals surface area contributed by atoms with Crippen LogP contribution in [0.15, 0.2) is 42.6 Å². The van der Waals surface area contributed by atoms with E-state index in [1.165, 1.54) is 12.0 Å². The van der Waals surface area contributed by atoms with Crippen molar-refractivity contribution in [3.8, 4) is 17.0 Å². The monoisotopic (exact) mass is 810 g/mol. The van der Waals surface area contributed by atoms with E-state index < -0.39 is 15.9 Å². The van der Waals surface area contributed by atoms with Gasteiger partial charge >= 0.3 is 0 Å². The van der Waals surface area contributed by atoms with Gasteiger partial charge in [-0.05, 0) is 112 Å². The number of carbonyl (C=O) groups excluding carboxylic acids is 2. The minimum atomic E-state index is -3.83. The van der Waals surface area contributed by atoms with Crippen LogP contribution in [0.5, 0.6) is 5.75 Å². The Balaban J connectivity index is 1.34. The summed E-state index contributed by atoms with van der Waals surface area (Å²) in [6.07, 6.45) is 11.1. The first-order chi connectivity index (χ1) is 27.8. The number of ether oxygens (including phenoxy) is 2. The van der Waals surface area contributed by atoms with E-state index >= 15 is 0 Å². The van der Waals surface area contributed by atoms with Gasteiger partial charge in [0.2, 0.25) is 10.0 Å². The van der Waals surface area contributed by atoms with Crippen LogP contribution < -0.4 is 9.46 Å². The first-order valence-corrected chi connectivity index (χ1v) is 22.8. The number of nitrogens with zero attached hydrogens (tertiary/aromatic N) is 5. The topological polar surface area (TPSA) is 128 Å². The van der Waals surface area contributed by atoms with Gasteiger partial charge < -0.3 is 18.9 Å². The van der Waals surface area contributed by atoms with Gasteiger partial charge in [0.25, 0.3) is 11.8 Å². The fourth-order valence-corrected chi connectivity index (χ4v) is 11.2. The van der Waals surface area contributed by atoms with E-state index in [1.807, 2.05) is 36.9 Å². The molecule has 8 rings (SSSR count). The highest BCUT2D eigenvalue weighted by Gasteiger charge is 2.36. The summed E-state index contributed by atoms with van der Waals surface area (Å²) in [6.45, 7) is 10.8. The number of aromatic nitrogens is 3. The summed E-state index contributed by atoms with van der Waals surface area (Å²) in [7, 11) is -0.0379. The quantitative estimate of drug-likeness (QED) is 0.186. The number of rotatable bonds is 9. The number of sulfonamides is 1. The van der Waals surface area contributed by atoms with Crippen LogP contribution in [0.2, 0.25) is 0 Å². The average Bonchev–Trinajstić information content (AvgIpc) is 3.74. The Labute approximate surface area is 342 Å². The molecule has 2 saturated heterocycles. The summed E-state index contributed by atoms with van der Waals surface area (Å²) in [5.74, 6) is 0.0856. The normalized spacial score (nSPS) is 21.1. The maximum atomic E-state index is 14.8. The number of likely N-dealkylation sites (N-methyl/N-ethyl adjacent to an activating group) is 1. The maximum absolute atomic E-state index is 14.8. The number of carbonyl (C=O) groups is 2. The van der Waals surface area contributed by atoms with Crippen molar-refractivity contribution < 1.29 is 27.5 Å². The minimum absolute atomic E-state index is 0.0295. The number of benzene rings is 2. The molecule has 12 nitrogen and oxygen atoms in total. The number of nitrogens with one attached hydrogen (secondary N) is 1. The summed E-state index contributed by atoms with van der Waals surface area (Å²) in [5.41, 5.74) is 7.80. The molecule has 5 heterocycles. The lowest BCUT2D eigenvalue weighted by Crippen LogP contribution is -2.56. The lowest BCUT2D eigenvalue weighted by molar-refractivity contribution is 0.0413. The molecule has 2 aromatic heterocycles. The van der Waals surface area contributed by atoms with Gasteiger partial charge in [-0.15, -0.1) is 0 Å². The van der Waals surface area contributed by atoms with Crippen molar-refractivity contribution in [3.05, 3.63) is 70.5 Å². The molecule has 1 aliphatic carbocycles. The summed E-state index contributed by atoms with van der Waals surface area (Å²) in [5, 5.41) is 6.07. The molecule has 2 amide bonds. The number of methoxy groups -OCH3 is 1. The third-order valence-electron chi connectivity index (χ3n) is 12.9. The summed E-state index contributed by atoms with van der Waals surface area (Å²) < 4.78 is 44.2. The van der Waals surface area contributed by atoms with E-state index in [0.717, 1.165) is 83.3 Å². The molecule has 2 atom stereocenters. The van der Waals surface area contributed by atoms with Crippen LogP contribution in [-0.2, 0) is 21.3 Å². The van der Waals surface area contributed by atoms with E-state index in [4.69, 9.17) is 14.6 Å². The van der Waals surface area contributed by atoms with E-state index in [-0.39, 0.29) is 41.3 Å². The van der Waals surface area contributed by atoms with Crippen LogP contribution in [0.1, 0.15) is 122 Å². The fraction of sp³-hybridized carbons (Fsp3) is 0.533. The predicted octanol–water partition coefficient (Wildman–Crippen LogP) is 7.35. The molecule has 0 bridgehead atoms. The van der Waals surface area contributed by atoms with Gasteiger partial charge in [0.1, 0.15) is 5.75 Å². The first kappa shape index (κ1) is 40.3. The minimum Gasteiger partial charge on any atom is -0.497 e. The summed E-state index contributed by atoms with van der Waals surface area (Å²) in [4.78, 5) is 32.9. The van der Waals surface area contributed by atoms with Crippen molar-refractivity contribution in [1.29, 1.82) is 0 Å². The lowest BCUT2D eigenvalue weighted by Gasteiger charge is -2.42. The van der Waals surface area contributed by atoms with Gasteiger partial charge in [-0.1, -0.05) is 39.2 Å². The van der Waals surface area contributed by atoms with Crippen LogP contribution >= 0.6 is 0 Å². The largest absolute Gasteiger partial charge is 0.497 e. The van der Waals surface area contributed by atoms with Crippen LogP contribution in [0, 0.1) is 5.92 Å². The smallest absolute Gasteiger partial charge is 0.264 e. The highest BCUT2D eigenvalue weighted by atomic mass is 32.2. The third kappa shape index (κ3) is 7.73. The Bertz CT molecular complexity index is 2340. The van der Waals surface area contributed by atoms with Crippen LogP contribution in [-0.4, -0.2) is 103 Å². The van der Waals surface area contributed by atoms with Crippen molar-refractivity contribution in [2.24, 2.45) is 5.92 Å². The number of fused-ring (bicyclic) bond motifs is 5. The van der Waals surface area contributed by atoms with Gasteiger partial charge in [-0.25, -0.2) is 13.1 Å². The highest BCUT2D eigenvalue weighted by molar-refractivity contribution is 7.90. The molecule has 3 fully saturated rings. The first-order valence-electron chi connectivity index (χ1n) is 21.1. The molecular weight excluding hydrogens is 753 g/mol. The average molecular weight is 811 g/mol. The molecule has 1 N–H and O–H groups in total. The predicted molar refractivity (Wildman–Crippen MR) is 228 cm³/mol. The molecule has 0 radical (unpaired) electrons. The molecule has 4 aliphatic rings. The molecule has 58 heavy (non-hydrogen) atoms. The molecule has 13 heteroatoms. The van der Waals surface area contributed by atoms with E-state index in [1.54, 1.807) is 19.4 Å². The second kappa shape index (κ2) is 16.3. The zero-order chi connectivity index (χ0) is 40.9. The Kier molecular flexibility index (Phi) is 11.3. The number of amides is 2. The molecule has 0 unspecified atom stereocenters. The molecular formula is C45H58N6O6S. The zero-order valence-electron chi connectivity index (χ0n) is 34.8. The second-order valence-corrected chi connectivity index (χ2v) is 19.2. The van der Waals surface area contributed by atoms with Gasteiger partial charge in [0.05, 0.1) is 48.6 Å². The van der Waals surface area contributed by atoms with Crippen molar-refractivity contribution in [3.63, 3.8) is 0 Å². The lowest BCUT2D eigenvalue weighted by atomic mass is 9.81. The van der Waals surface area contributed by atoms with Crippen molar-refractivity contribution >= 4 is 44.4 Å². The number of piperazine rings is 1. The number of hydrogen-bond donors (Lipinski definition) is 1. The standard InChI is InChI=1S/C45H58N6O6S/c1-28(2)27-58(54,55)47-44(52)32-12-14-38-40(22-32)50-26-34(20-33-21-36(56-6)13-15-37(33)43(50)41(38)31-10-8-7-9-11-31)42-39(23-46-51(42)35-16-18-57-19-17-35)45(53)49-24-29(3)48(5)30(4)25-49/h12-15,20-23,28-31,35H,7-11,16-19,24-27H2,1-6H3,(H,47,52)/t29-,30+. The van der Waals surface area contributed by atoms with E-state index in [9.17, 15) is 18.0 Å². The van der Waals surface area contributed by atoms with Gasteiger partial charge in [0.15, 0.2) is 0 Å². The third-order valence-corrected chi connectivity index (χ3v) is 14.5.